The second-order valence-corrected chi connectivity index (χ2v) is 5.50. The molecule has 2 aromatic rings. The average Bonchev–Trinajstić information content (AvgIpc) is 2.62. The molecule has 0 heterocycles. The topological polar surface area (TPSA) is 76.7 Å². The number of amides is 2. The summed E-state index contributed by atoms with van der Waals surface area (Å²) < 4.78 is 9.72. The van der Waals surface area contributed by atoms with Crippen LogP contribution in [0.1, 0.15) is 11.1 Å². The highest BCUT2D eigenvalue weighted by Crippen LogP contribution is 2.13. The maximum absolute atomic E-state index is 12.6. The van der Waals surface area contributed by atoms with Gasteiger partial charge in [-0.1, -0.05) is 42.5 Å². The Hall–Kier alpha value is -2.86. The van der Waals surface area contributed by atoms with E-state index in [0.717, 1.165) is 11.1 Å². The zero-order valence-corrected chi connectivity index (χ0v) is 14.3. The highest BCUT2D eigenvalue weighted by atomic mass is 16.5. The molecule has 2 rings (SSSR count). The average molecular weight is 342 g/mol. The molecule has 0 aromatic heterocycles. The van der Waals surface area contributed by atoms with E-state index >= 15 is 0 Å². The molecule has 0 aliphatic carbocycles. The van der Waals surface area contributed by atoms with Crippen LogP contribution < -0.4 is 10.6 Å². The Kier molecular flexibility index (Phi) is 6.98. The maximum Gasteiger partial charge on any atom is 0.407 e. The number of rotatable bonds is 7. The van der Waals surface area contributed by atoms with E-state index in [9.17, 15) is 9.59 Å². The minimum absolute atomic E-state index is 0.316. The Bertz CT molecular complexity index is 704. The van der Waals surface area contributed by atoms with Gasteiger partial charge in [0.25, 0.3) is 0 Å². The third-order valence-corrected chi connectivity index (χ3v) is 3.58. The van der Waals surface area contributed by atoms with Crippen molar-refractivity contribution in [3.8, 4) is 0 Å². The summed E-state index contributed by atoms with van der Waals surface area (Å²) in [4.78, 5) is 24.2. The van der Waals surface area contributed by atoms with Gasteiger partial charge < -0.3 is 20.1 Å². The van der Waals surface area contributed by atoms with Crippen molar-refractivity contribution >= 4 is 17.7 Å². The number of ether oxygens (including phenoxy) is 2. The first-order chi connectivity index (χ1) is 12.1. The summed E-state index contributed by atoms with van der Waals surface area (Å²) in [5.74, 6) is -0.316. The van der Waals surface area contributed by atoms with Crippen LogP contribution in [0.3, 0.4) is 0 Å². The van der Waals surface area contributed by atoms with E-state index in [2.05, 4.69) is 15.4 Å². The molecule has 1 atom stereocenters. The lowest BCUT2D eigenvalue weighted by atomic mass is 10.1. The van der Waals surface area contributed by atoms with E-state index in [-0.39, 0.29) is 5.91 Å². The molecule has 2 aromatic carbocycles. The van der Waals surface area contributed by atoms with E-state index in [1.54, 1.807) is 13.2 Å². The van der Waals surface area contributed by atoms with E-state index < -0.39 is 12.1 Å². The molecule has 0 saturated heterocycles. The minimum Gasteiger partial charge on any atom is -0.453 e. The molecule has 6 nitrogen and oxygen atoms in total. The normalized spacial score (nSPS) is 11.4. The summed E-state index contributed by atoms with van der Waals surface area (Å²) in [6.07, 6.45) is -0.288. The van der Waals surface area contributed by atoms with Crippen LogP contribution in [0.5, 0.6) is 0 Å². The molecule has 2 N–H and O–H groups in total. The number of nitrogens with one attached hydrogen (secondary N) is 2. The van der Waals surface area contributed by atoms with E-state index in [4.69, 9.17) is 4.74 Å². The van der Waals surface area contributed by atoms with Crippen molar-refractivity contribution in [3.05, 3.63) is 65.7 Å². The number of alkyl carbamates (subject to hydrolysis) is 1. The van der Waals surface area contributed by atoms with E-state index in [0.29, 0.717) is 18.7 Å². The number of anilines is 1. The second-order valence-electron chi connectivity index (χ2n) is 5.50. The van der Waals surface area contributed by atoms with Crippen LogP contribution in [0, 0.1) is 0 Å². The molecule has 25 heavy (non-hydrogen) atoms. The molecule has 0 spiro atoms. The zero-order valence-electron chi connectivity index (χ0n) is 14.3. The van der Waals surface area contributed by atoms with Crippen LogP contribution in [-0.2, 0) is 27.3 Å². The molecule has 0 radical (unpaired) electrons. The van der Waals surface area contributed by atoms with Crippen molar-refractivity contribution in [2.45, 2.75) is 19.1 Å². The summed E-state index contributed by atoms with van der Waals surface area (Å²) >= 11 is 0. The number of hydrogen-bond donors (Lipinski definition) is 2. The number of methoxy groups -OCH3 is 2. The molecular formula is C19H22N2O4. The molecule has 0 aliphatic heterocycles. The summed E-state index contributed by atoms with van der Waals surface area (Å²) in [5, 5.41) is 5.40. The first-order valence-corrected chi connectivity index (χ1v) is 7.89. The van der Waals surface area contributed by atoms with Gasteiger partial charge in [0.2, 0.25) is 5.91 Å². The Balaban J connectivity index is 2.11. The summed E-state index contributed by atoms with van der Waals surface area (Å²) in [7, 11) is 2.88. The molecule has 0 bridgehead atoms. The largest absolute Gasteiger partial charge is 0.453 e. The number of carbonyl (C=O) groups is 2. The van der Waals surface area contributed by atoms with E-state index in [1.807, 2.05) is 48.5 Å². The number of hydrogen-bond acceptors (Lipinski definition) is 4. The Labute approximate surface area is 147 Å². The van der Waals surface area contributed by atoms with Gasteiger partial charge in [-0.2, -0.15) is 0 Å². The maximum atomic E-state index is 12.6. The van der Waals surface area contributed by atoms with Crippen LogP contribution in [0.15, 0.2) is 54.6 Å². The van der Waals surface area contributed by atoms with Gasteiger partial charge in [-0.25, -0.2) is 4.79 Å². The fourth-order valence-electron chi connectivity index (χ4n) is 2.40. The van der Waals surface area contributed by atoms with Gasteiger partial charge in [0.15, 0.2) is 0 Å². The quantitative estimate of drug-likeness (QED) is 0.811. The molecule has 6 heteroatoms. The van der Waals surface area contributed by atoms with Crippen LogP contribution >= 0.6 is 0 Å². The minimum atomic E-state index is -0.749. The van der Waals surface area contributed by atoms with Crippen LogP contribution in [-0.4, -0.2) is 32.3 Å². The monoisotopic (exact) mass is 342 g/mol. The van der Waals surface area contributed by atoms with Gasteiger partial charge in [0, 0.05) is 19.2 Å². The molecular weight excluding hydrogens is 320 g/mol. The van der Waals surface area contributed by atoms with E-state index in [1.165, 1.54) is 7.11 Å². The third kappa shape index (κ3) is 5.93. The lowest BCUT2D eigenvalue weighted by Crippen LogP contribution is -2.45. The molecule has 1 unspecified atom stereocenters. The molecule has 2 amide bonds. The Morgan fingerprint density at radius 2 is 1.72 bits per heavy atom. The molecule has 0 fully saturated rings. The van der Waals surface area contributed by atoms with Gasteiger partial charge in [0.1, 0.15) is 6.04 Å². The summed E-state index contributed by atoms with van der Waals surface area (Å²) in [6, 6.07) is 16.1. The Morgan fingerprint density at radius 3 is 2.40 bits per heavy atom. The summed E-state index contributed by atoms with van der Waals surface area (Å²) in [6.45, 7) is 0.456. The summed E-state index contributed by atoms with van der Waals surface area (Å²) in [5.41, 5.74) is 2.53. The first kappa shape index (κ1) is 18.5. The smallest absolute Gasteiger partial charge is 0.407 e. The second kappa shape index (κ2) is 9.44. The third-order valence-electron chi connectivity index (χ3n) is 3.58. The van der Waals surface area contributed by atoms with Crippen molar-refractivity contribution in [2.75, 3.05) is 19.5 Å². The lowest BCUT2D eigenvalue weighted by Gasteiger charge is -2.18. The highest BCUT2D eigenvalue weighted by molar-refractivity contribution is 5.96. The van der Waals surface area contributed by atoms with Crippen molar-refractivity contribution in [1.82, 2.24) is 5.32 Å². The predicted octanol–water partition coefficient (Wildman–Crippen LogP) is 2.74. The molecule has 0 aliphatic rings. The van der Waals surface area contributed by atoms with Gasteiger partial charge in [-0.15, -0.1) is 0 Å². The first-order valence-electron chi connectivity index (χ1n) is 7.89. The zero-order chi connectivity index (χ0) is 18.1. The van der Waals surface area contributed by atoms with Crippen molar-refractivity contribution in [2.24, 2.45) is 0 Å². The van der Waals surface area contributed by atoms with Gasteiger partial charge in [0.05, 0.1) is 13.7 Å². The predicted molar refractivity (Wildman–Crippen MR) is 95.3 cm³/mol. The molecule has 0 saturated carbocycles. The van der Waals surface area contributed by atoms with Crippen molar-refractivity contribution in [1.29, 1.82) is 0 Å². The fraction of sp³-hybridized carbons (Fsp3) is 0.263. The standard InChI is InChI=1S/C19H22N2O4/c1-24-13-15-9-6-10-16(11-15)20-18(22)17(21-19(23)25-2)12-14-7-4-3-5-8-14/h3-11,17H,12-13H2,1-2H3,(H,20,22)(H,21,23). The van der Waals surface area contributed by atoms with Crippen LogP contribution in [0.2, 0.25) is 0 Å². The lowest BCUT2D eigenvalue weighted by molar-refractivity contribution is -0.118. The SMILES string of the molecule is COCc1cccc(NC(=O)C(Cc2ccccc2)NC(=O)OC)c1. The van der Waals surface area contributed by atoms with Gasteiger partial charge in [-0.3, -0.25) is 4.79 Å². The van der Waals surface area contributed by atoms with Crippen molar-refractivity contribution in [3.63, 3.8) is 0 Å². The van der Waals surface area contributed by atoms with Gasteiger partial charge in [-0.05, 0) is 23.3 Å². The Morgan fingerprint density at radius 1 is 1.00 bits per heavy atom. The fourth-order valence-corrected chi connectivity index (χ4v) is 2.40. The van der Waals surface area contributed by atoms with Gasteiger partial charge >= 0.3 is 6.09 Å². The van der Waals surface area contributed by atoms with Crippen LogP contribution in [0.25, 0.3) is 0 Å². The molecule has 132 valence electrons. The number of benzene rings is 2. The highest BCUT2D eigenvalue weighted by Gasteiger charge is 2.21. The number of carbonyl (C=O) groups excluding carboxylic acids is 2. The van der Waals surface area contributed by atoms with Crippen molar-refractivity contribution < 1.29 is 19.1 Å². The van der Waals surface area contributed by atoms with Crippen LogP contribution in [0.4, 0.5) is 10.5 Å².